The summed E-state index contributed by atoms with van der Waals surface area (Å²) in [6.07, 6.45) is 1.80. The topological polar surface area (TPSA) is 33.6 Å². The third kappa shape index (κ3) is 4.32. The van der Waals surface area contributed by atoms with Crippen LogP contribution in [0.3, 0.4) is 0 Å². The van der Waals surface area contributed by atoms with E-state index < -0.39 is 0 Å². The van der Waals surface area contributed by atoms with Crippen molar-refractivity contribution in [1.82, 2.24) is 5.43 Å². The van der Waals surface area contributed by atoms with Crippen molar-refractivity contribution in [2.75, 3.05) is 7.11 Å². The summed E-state index contributed by atoms with van der Waals surface area (Å²) in [4.78, 5) is 0. The Kier molecular flexibility index (Phi) is 5.82. The van der Waals surface area contributed by atoms with E-state index in [1.165, 1.54) is 5.56 Å². The van der Waals surface area contributed by atoms with E-state index in [0.29, 0.717) is 6.54 Å². The van der Waals surface area contributed by atoms with Gasteiger partial charge in [0.15, 0.2) is 0 Å². The fourth-order valence-corrected chi connectivity index (χ4v) is 3.06. The zero-order chi connectivity index (χ0) is 15.2. The first-order chi connectivity index (χ1) is 10.1. The maximum atomic E-state index is 5.30. The number of hydrazone groups is 1. The lowest BCUT2D eigenvalue weighted by Gasteiger charge is -2.07. The molecule has 0 bridgehead atoms. The van der Waals surface area contributed by atoms with Crippen molar-refractivity contribution in [1.29, 1.82) is 0 Å². The van der Waals surface area contributed by atoms with E-state index in [4.69, 9.17) is 4.74 Å². The first-order valence-electron chi connectivity index (χ1n) is 6.45. The average Bonchev–Trinajstić information content (AvgIpc) is 2.49. The van der Waals surface area contributed by atoms with Gasteiger partial charge in [-0.25, -0.2) is 0 Å². The average molecular weight is 412 g/mol. The number of rotatable bonds is 5. The van der Waals surface area contributed by atoms with E-state index in [-0.39, 0.29) is 0 Å². The minimum absolute atomic E-state index is 0.620. The fraction of sp³-hybridized carbons (Fsp3) is 0.188. The SMILES string of the molecule is COc1ccccc1CN/N=C\c1cc(Br)c(C)c(Br)c1. The molecule has 1 N–H and O–H groups in total. The van der Waals surface area contributed by atoms with Gasteiger partial charge in [-0.15, -0.1) is 0 Å². The highest BCUT2D eigenvalue weighted by atomic mass is 79.9. The van der Waals surface area contributed by atoms with E-state index in [9.17, 15) is 0 Å². The summed E-state index contributed by atoms with van der Waals surface area (Å²) in [6.45, 7) is 2.67. The van der Waals surface area contributed by atoms with Gasteiger partial charge in [-0.3, -0.25) is 0 Å². The summed E-state index contributed by atoms with van der Waals surface area (Å²) < 4.78 is 7.42. The second-order valence-corrected chi connectivity index (χ2v) is 6.22. The Morgan fingerprint density at radius 2 is 1.86 bits per heavy atom. The lowest BCUT2D eigenvalue weighted by atomic mass is 10.2. The Labute approximate surface area is 141 Å². The van der Waals surface area contributed by atoms with Gasteiger partial charge in [0.2, 0.25) is 0 Å². The molecule has 110 valence electrons. The van der Waals surface area contributed by atoms with Gasteiger partial charge in [0.25, 0.3) is 0 Å². The molecule has 2 aromatic carbocycles. The number of hydrogen-bond donors (Lipinski definition) is 1. The largest absolute Gasteiger partial charge is 0.496 e. The van der Waals surface area contributed by atoms with Crippen molar-refractivity contribution in [3.05, 3.63) is 62.0 Å². The molecule has 2 aromatic rings. The number of para-hydroxylation sites is 1. The molecule has 3 nitrogen and oxygen atoms in total. The molecule has 0 radical (unpaired) electrons. The van der Waals surface area contributed by atoms with Crippen LogP contribution in [-0.4, -0.2) is 13.3 Å². The third-order valence-electron chi connectivity index (χ3n) is 3.07. The normalized spacial score (nSPS) is 10.9. The Balaban J connectivity index is 2.00. The Bertz CT molecular complexity index is 633. The smallest absolute Gasteiger partial charge is 0.123 e. The van der Waals surface area contributed by atoms with Gasteiger partial charge in [0, 0.05) is 14.5 Å². The number of benzene rings is 2. The van der Waals surface area contributed by atoms with Crippen LogP contribution < -0.4 is 10.2 Å². The van der Waals surface area contributed by atoms with E-state index in [1.807, 2.05) is 36.4 Å². The van der Waals surface area contributed by atoms with E-state index in [2.05, 4.69) is 49.3 Å². The molecule has 0 amide bonds. The minimum Gasteiger partial charge on any atom is -0.496 e. The lowest BCUT2D eigenvalue weighted by molar-refractivity contribution is 0.408. The molecular weight excluding hydrogens is 396 g/mol. The van der Waals surface area contributed by atoms with E-state index in [0.717, 1.165) is 25.8 Å². The molecule has 0 unspecified atom stereocenters. The van der Waals surface area contributed by atoms with Crippen LogP contribution in [0.2, 0.25) is 0 Å². The maximum Gasteiger partial charge on any atom is 0.123 e. The molecule has 0 spiro atoms. The number of hydrogen-bond acceptors (Lipinski definition) is 3. The number of nitrogens with zero attached hydrogens (tertiary/aromatic N) is 1. The fourth-order valence-electron chi connectivity index (χ4n) is 1.84. The van der Waals surface area contributed by atoms with Gasteiger partial charge < -0.3 is 10.2 Å². The van der Waals surface area contributed by atoms with Gasteiger partial charge >= 0.3 is 0 Å². The minimum atomic E-state index is 0.620. The van der Waals surface area contributed by atoms with Gasteiger partial charge in [-0.05, 0) is 36.2 Å². The van der Waals surface area contributed by atoms with Gasteiger partial charge in [0.05, 0.1) is 19.9 Å². The molecule has 0 saturated carbocycles. The van der Waals surface area contributed by atoms with Crippen molar-refractivity contribution in [3.8, 4) is 5.75 Å². The van der Waals surface area contributed by atoms with Gasteiger partial charge in [-0.1, -0.05) is 50.1 Å². The molecule has 0 saturated heterocycles. The van der Waals surface area contributed by atoms with Crippen LogP contribution in [-0.2, 0) is 6.54 Å². The predicted molar refractivity (Wildman–Crippen MR) is 94.0 cm³/mol. The summed E-state index contributed by atoms with van der Waals surface area (Å²) in [5.41, 5.74) is 6.31. The molecule has 0 heterocycles. The first-order valence-corrected chi connectivity index (χ1v) is 8.04. The number of ether oxygens (including phenoxy) is 1. The van der Waals surface area contributed by atoms with E-state index in [1.54, 1.807) is 13.3 Å². The first kappa shape index (κ1) is 16.0. The zero-order valence-electron chi connectivity index (χ0n) is 11.9. The Morgan fingerprint density at radius 3 is 2.52 bits per heavy atom. The standard InChI is InChI=1S/C16H16Br2N2O/c1-11-14(17)7-12(8-15(11)18)9-19-20-10-13-5-3-4-6-16(13)21-2/h3-9,20H,10H2,1-2H3/b19-9-. The molecule has 0 aliphatic carbocycles. The summed E-state index contributed by atoms with van der Waals surface area (Å²) in [5.74, 6) is 0.862. The van der Waals surface area contributed by atoms with E-state index >= 15 is 0 Å². The highest BCUT2D eigenvalue weighted by Gasteiger charge is 2.02. The second kappa shape index (κ2) is 7.61. The van der Waals surface area contributed by atoms with Gasteiger partial charge in [0.1, 0.15) is 5.75 Å². The van der Waals surface area contributed by atoms with Crippen LogP contribution in [0, 0.1) is 6.92 Å². The van der Waals surface area contributed by atoms with Crippen LogP contribution in [0.5, 0.6) is 5.75 Å². The molecule has 0 aliphatic heterocycles. The summed E-state index contributed by atoms with van der Waals surface area (Å²) in [7, 11) is 1.67. The summed E-state index contributed by atoms with van der Waals surface area (Å²) in [5, 5.41) is 4.25. The van der Waals surface area contributed by atoms with Crippen molar-refractivity contribution in [2.45, 2.75) is 13.5 Å². The van der Waals surface area contributed by atoms with Crippen LogP contribution in [0.15, 0.2) is 50.4 Å². The molecule has 5 heteroatoms. The van der Waals surface area contributed by atoms with Crippen molar-refractivity contribution < 1.29 is 4.74 Å². The summed E-state index contributed by atoms with van der Waals surface area (Å²) >= 11 is 7.07. The lowest BCUT2D eigenvalue weighted by Crippen LogP contribution is -2.06. The van der Waals surface area contributed by atoms with Crippen LogP contribution in [0.1, 0.15) is 16.7 Å². The molecule has 21 heavy (non-hydrogen) atoms. The molecule has 0 fully saturated rings. The van der Waals surface area contributed by atoms with Gasteiger partial charge in [-0.2, -0.15) is 5.10 Å². The second-order valence-electron chi connectivity index (χ2n) is 4.51. The molecule has 0 atom stereocenters. The number of halogens is 2. The third-order valence-corrected chi connectivity index (χ3v) is 4.72. The van der Waals surface area contributed by atoms with Crippen LogP contribution in [0.25, 0.3) is 0 Å². The Morgan fingerprint density at radius 1 is 1.19 bits per heavy atom. The number of methoxy groups -OCH3 is 1. The Hall–Kier alpha value is -1.33. The number of nitrogens with one attached hydrogen (secondary N) is 1. The monoisotopic (exact) mass is 410 g/mol. The maximum absolute atomic E-state index is 5.30. The van der Waals surface area contributed by atoms with Crippen molar-refractivity contribution >= 4 is 38.1 Å². The molecule has 0 aromatic heterocycles. The highest BCUT2D eigenvalue weighted by molar-refractivity contribution is 9.11. The quantitative estimate of drug-likeness (QED) is 0.573. The highest BCUT2D eigenvalue weighted by Crippen LogP contribution is 2.25. The zero-order valence-corrected chi connectivity index (χ0v) is 15.0. The predicted octanol–water partition coefficient (Wildman–Crippen LogP) is 4.65. The van der Waals surface area contributed by atoms with Crippen LogP contribution in [0.4, 0.5) is 0 Å². The summed E-state index contributed by atoms with van der Waals surface area (Å²) in [6, 6.07) is 12.0. The van der Waals surface area contributed by atoms with Crippen molar-refractivity contribution in [3.63, 3.8) is 0 Å². The van der Waals surface area contributed by atoms with Crippen molar-refractivity contribution in [2.24, 2.45) is 5.10 Å². The molecule has 2 rings (SSSR count). The molecule has 0 aliphatic rings. The molecular formula is C16H16Br2N2O. The van der Waals surface area contributed by atoms with Crippen LogP contribution >= 0.6 is 31.9 Å².